The Bertz CT molecular complexity index is 1090. The van der Waals surface area contributed by atoms with Crippen LogP contribution in [0.2, 0.25) is 5.02 Å². The van der Waals surface area contributed by atoms with Crippen LogP contribution >= 0.6 is 22.9 Å². The van der Waals surface area contributed by atoms with Gasteiger partial charge < -0.3 is 4.57 Å². The summed E-state index contributed by atoms with van der Waals surface area (Å²) in [5, 5.41) is 11.5. The highest BCUT2D eigenvalue weighted by Gasteiger charge is 2.13. The van der Waals surface area contributed by atoms with Crippen LogP contribution in [0.3, 0.4) is 0 Å². The summed E-state index contributed by atoms with van der Waals surface area (Å²) in [5.41, 5.74) is 0.909. The standard InChI is InChI=1S/C17H10ClN3O3S/c1-2-9-20-14-10-13(21(23)24)7-8-15(14)25-17(20)19-16(22)11-3-5-12(18)6-4-11/h1,3-8,10H,9H2. The van der Waals surface area contributed by atoms with E-state index < -0.39 is 10.8 Å². The van der Waals surface area contributed by atoms with Crippen molar-refractivity contribution in [1.29, 1.82) is 0 Å². The number of thiazole rings is 1. The van der Waals surface area contributed by atoms with Crippen LogP contribution in [0, 0.1) is 22.5 Å². The van der Waals surface area contributed by atoms with Crippen molar-refractivity contribution < 1.29 is 9.72 Å². The fraction of sp³-hybridized carbons (Fsp3) is 0.0588. The number of terminal acetylenes is 1. The van der Waals surface area contributed by atoms with Gasteiger partial charge >= 0.3 is 0 Å². The molecular weight excluding hydrogens is 362 g/mol. The highest BCUT2D eigenvalue weighted by atomic mass is 35.5. The topological polar surface area (TPSA) is 77.5 Å². The van der Waals surface area contributed by atoms with Gasteiger partial charge in [-0.05, 0) is 30.3 Å². The lowest BCUT2D eigenvalue weighted by Crippen LogP contribution is -2.16. The van der Waals surface area contributed by atoms with Gasteiger partial charge in [-0.3, -0.25) is 14.9 Å². The maximum atomic E-state index is 12.4. The van der Waals surface area contributed by atoms with Crippen molar-refractivity contribution in [3.63, 3.8) is 0 Å². The summed E-state index contributed by atoms with van der Waals surface area (Å²) in [6.07, 6.45) is 5.39. The molecule has 0 bridgehead atoms. The zero-order chi connectivity index (χ0) is 18.0. The average Bonchev–Trinajstić information content (AvgIpc) is 2.92. The largest absolute Gasteiger partial charge is 0.304 e. The second-order valence-corrected chi connectivity index (χ2v) is 6.45. The van der Waals surface area contributed by atoms with Gasteiger partial charge in [-0.1, -0.05) is 28.9 Å². The van der Waals surface area contributed by atoms with Gasteiger partial charge in [-0.25, -0.2) is 0 Å². The Kier molecular flexibility index (Phi) is 4.65. The van der Waals surface area contributed by atoms with Crippen LogP contribution in [0.4, 0.5) is 5.69 Å². The third-order valence-electron chi connectivity index (χ3n) is 3.41. The van der Waals surface area contributed by atoms with E-state index in [-0.39, 0.29) is 12.2 Å². The maximum Gasteiger partial charge on any atom is 0.279 e. The van der Waals surface area contributed by atoms with E-state index in [1.807, 2.05) is 0 Å². The van der Waals surface area contributed by atoms with Crippen LogP contribution in [0.5, 0.6) is 0 Å². The van der Waals surface area contributed by atoms with Gasteiger partial charge in [0.15, 0.2) is 4.80 Å². The van der Waals surface area contributed by atoms with Crippen molar-refractivity contribution in [2.45, 2.75) is 6.54 Å². The normalized spacial score (nSPS) is 11.4. The molecule has 3 aromatic rings. The fourth-order valence-corrected chi connectivity index (χ4v) is 3.38. The first-order valence-electron chi connectivity index (χ1n) is 7.05. The zero-order valence-electron chi connectivity index (χ0n) is 12.7. The molecule has 0 atom stereocenters. The number of hydrogen-bond acceptors (Lipinski definition) is 4. The summed E-state index contributed by atoms with van der Waals surface area (Å²) in [6.45, 7) is 0.147. The Labute approximate surface area is 151 Å². The van der Waals surface area contributed by atoms with Crippen LogP contribution in [-0.4, -0.2) is 15.4 Å². The molecule has 0 saturated heterocycles. The van der Waals surface area contributed by atoms with Gasteiger partial charge in [0.25, 0.3) is 11.6 Å². The molecule has 0 aliphatic rings. The van der Waals surface area contributed by atoms with Crippen LogP contribution < -0.4 is 4.80 Å². The minimum atomic E-state index is -0.479. The molecule has 0 N–H and O–H groups in total. The Balaban J connectivity index is 2.16. The number of carbonyl (C=O) groups is 1. The number of aromatic nitrogens is 1. The molecule has 1 amide bonds. The molecule has 8 heteroatoms. The number of nitro benzene ring substituents is 1. The van der Waals surface area contributed by atoms with Crippen molar-refractivity contribution >= 4 is 44.7 Å². The van der Waals surface area contributed by atoms with E-state index >= 15 is 0 Å². The molecule has 0 unspecified atom stereocenters. The lowest BCUT2D eigenvalue weighted by Gasteiger charge is -2.00. The number of non-ortho nitro benzene ring substituents is 1. The third kappa shape index (κ3) is 3.45. The molecule has 1 heterocycles. The van der Waals surface area contributed by atoms with Crippen molar-refractivity contribution in [2.75, 3.05) is 0 Å². The summed E-state index contributed by atoms with van der Waals surface area (Å²) < 4.78 is 2.37. The highest BCUT2D eigenvalue weighted by molar-refractivity contribution is 7.16. The summed E-state index contributed by atoms with van der Waals surface area (Å²) in [6, 6.07) is 10.8. The fourth-order valence-electron chi connectivity index (χ4n) is 2.24. The number of nitro groups is 1. The summed E-state index contributed by atoms with van der Waals surface area (Å²) in [4.78, 5) is 27.4. The lowest BCUT2D eigenvalue weighted by molar-refractivity contribution is -0.384. The molecule has 25 heavy (non-hydrogen) atoms. The molecule has 0 fully saturated rings. The van der Waals surface area contributed by atoms with Crippen LogP contribution in [-0.2, 0) is 6.54 Å². The second kappa shape index (κ2) is 6.89. The summed E-state index contributed by atoms with van der Waals surface area (Å²) >= 11 is 7.06. The van der Waals surface area contributed by atoms with E-state index in [0.29, 0.717) is 20.9 Å². The first-order chi connectivity index (χ1) is 12.0. The summed E-state index contributed by atoms with van der Waals surface area (Å²) in [7, 11) is 0. The van der Waals surface area contributed by atoms with E-state index in [0.717, 1.165) is 4.70 Å². The molecule has 3 rings (SSSR count). The Morgan fingerprint density at radius 2 is 2.04 bits per heavy atom. The van der Waals surface area contributed by atoms with Crippen LogP contribution in [0.15, 0.2) is 47.5 Å². The molecule has 6 nitrogen and oxygen atoms in total. The minimum Gasteiger partial charge on any atom is -0.304 e. The van der Waals surface area contributed by atoms with E-state index in [1.165, 1.54) is 23.5 Å². The van der Waals surface area contributed by atoms with Gasteiger partial charge in [0, 0.05) is 22.7 Å². The van der Waals surface area contributed by atoms with Crippen LogP contribution in [0.1, 0.15) is 10.4 Å². The molecule has 2 aromatic carbocycles. The molecule has 1 aromatic heterocycles. The number of nitrogens with zero attached hydrogens (tertiary/aromatic N) is 3. The van der Waals surface area contributed by atoms with E-state index in [4.69, 9.17) is 18.0 Å². The van der Waals surface area contributed by atoms with Gasteiger partial charge in [0.1, 0.15) is 0 Å². The third-order valence-corrected chi connectivity index (χ3v) is 4.73. The van der Waals surface area contributed by atoms with Crippen LogP contribution in [0.25, 0.3) is 10.2 Å². The van der Waals surface area contributed by atoms with Crippen molar-refractivity contribution in [3.05, 3.63) is 68.0 Å². The maximum absolute atomic E-state index is 12.4. The number of halogens is 1. The van der Waals surface area contributed by atoms with Gasteiger partial charge in [0.2, 0.25) is 0 Å². The Hall–Kier alpha value is -2.95. The smallest absolute Gasteiger partial charge is 0.279 e. The SMILES string of the molecule is C#CCn1c(=NC(=O)c2ccc(Cl)cc2)sc2ccc([N+](=O)[O-])cc21. The van der Waals surface area contributed by atoms with Crippen molar-refractivity contribution in [2.24, 2.45) is 4.99 Å². The predicted octanol–water partition coefficient (Wildman–Crippen LogP) is 3.64. The number of amides is 1. The summed E-state index contributed by atoms with van der Waals surface area (Å²) in [5.74, 6) is 2.04. The molecule has 0 radical (unpaired) electrons. The first kappa shape index (κ1) is 16.9. The molecular formula is C17H10ClN3O3S. The molecule has 0 aliphatic heterocycles. The lowest BCUT2D eigenvalue weighted by atomic mass is 10.2. The van der Waals surface area contributed by atoms with E-state index in [9.17, 15) is 14.9 Å². The monoisotopic (exact) mass is 371 g/mol. The number of rotatable bonds is 3. The number of fused-ring (bicyclic) bond motifs is 1. The predicted molar refractivity (Wildman–Crippen MR) is 96.6 cm³/mol. The number of benzene rings is 2. The highest BCUT2D eigenvalue weighted by Crippen LogP contribution is 2.23. The minimum absolute atomic E-state index is 0.0494. The first-order valence-corrected chi connectivity index (χ1v) is 8.25. The van der Waals surface area contributed by atoms with Gasteiger partial charge in [-0.2, -0.15) is 4.99 Å². The Morgan fingerprint density at radius 1 is 1.32 bits per heavy atom. The van der Waals surface area contributed by atoms with Crippen molar-refractivity contribution in [1.82, 2.24) is 4.57 Å². The molecule has 0 aliphatic carbocycles. The van der Waals surface area contributed by atoms with Crippen molar-refractivity contribution in [3.8, 4) is 12.3 Å². The number of carbonyl (C=O) groups excluding carboxylic acids is 1. The average molecular weight is 372 g/mol. The quantitative estimate of drug-likeness (QED) is 0.400. The molecule has 0 saturated carbocycles. The Morgan fingerprint density at radius 3 is 2.68 bits per heavy atom. The molecule has 124 valence electrons. The molecule has 0 spiro atoms. The van der Waals surface area contributed by atoms with Gasteiger partial charge in [0.05, 0.1) is 21.7 Å². The van der Waals surface area contributed by atoms with E-state index in [2.05, 4.69) is 10.9 Å². The zero-order valence-corrected chi connectivity index (χ0v) is 14.3. The second-order valence-electron chi connectivity index (χ2n) is 5.01. The number of hydrogen-bond donors (Lipinski definition) is 0. The van der Waals surface area contributed by atoms with Gasteiger partial charge in [-0.15, -0.1) is 6.42 Å². The van der Waals surface area contributed by atoms with E-state index in [1.54, 1.807) is 34.9 Å².